The molecule has 3 N–H and O–H groups in total. The number of hydrogen-bond acceptors (Lipinski definition) is 3. The minimum absolute atomic E-state index is 0.0238. The number of nitrogens with one attached hydrogen (secondary N) is 3. The molecule has 2 aromatic rings. The Labute approximate surface area is 179 Å². The van der Waals surface area contributed by atoms with Crippen LogP contribution in [0.1, 0.15) is 43.1 Å². The fraction of sp³-hybridized carbons (Fsp3) is 0.318. The van der Waals surface area contributed by atoms with Crippen LogP contribution in [0.15, 0.2) is 53.0 Å². The van der Waals surface area contributed by atoms with E-state index in [-0.39, 0.29) is 42.6 Å². The third-order valence-electron chi connectivity index (χ3n) is 4.24. The largest absolute Gasteiger partial charge is 0.352 e. The molecular weight excluding hydrogens is 434 g/mol. The molecule has 29 heavy (non-hydrogen) atoms. The summed E-state index contributed by atoms with van der Waals surface area (Å²) in [6, 6.07) is 14.6. The topological polar surface area (TPSA) is 87.3 Å². The van der Waals surface area contributed by atoms with E-state index in [4.69, 9.17) is 0 Å². The molecule has 0 unspecified atom stereocenters. The third kappa shape index (κ3) is 7.34. The summed E-state index contributed by atoms with van der Waals surface area (Å²) in [6.45, 7) is 6.39. The summed E-state index contributed by atoms with van der Waals surface area (Å²) in [5, 5.41) is 7.96. The van der Waals surface area contributed by atoms with Crippen LogP contribution in [0.2, 0.25) is 0 Å². The van der Waals surface area contributed by atoms with E-state index in [0.29, 0.717) is 11.3 Å². The number of rotatable bonds is 7. The van der Waals surface area contributed by atoms with Crippen molar-refractivity contribution in [1.82, 2.24) is 10.6 Å². The first kappa shape index (κ1) is 22.6. The Morgan fingerprint density at radius 1 is 0.897 bits per heavy atom. The molecule has 0 radical (unpaired) electrons. The fourth-order valence-corrected chi connectivity index (χ4v) is 2.92. The van der Waals surface area contributed by atoms with Gasteiger partial charge >= 0.3 is 0 Å². The van der Waals surface area contributed by atoms with Crippen LogP contribution in [-0.4, -0.2) is 30.8 Å². The molecule has 0 aromatic heterocycles. The summed E-state index contributed by atoms with van der Waals surface area (Å²) in [4.78, 5) is 36.0. The van der Waals surface area contributed by atoms with Crippen molar-refractivity contribution in [3.63, 3.8) is 0 Å². The molecule has 2 aromatic carbocycles. The van der Waals surface area contributed by atoms with Crippen LogP contribution in [0, 0.1) is 0 Å². The van der Waals surface area contributed by atoms with Gasteiger partial charge in [0.15, 0.2) is 0 Å². The molecule has 0 aliphatic carbocycles. The number of halogens is 1. The first-order chi connectivity index (χ1) is 13.7. The van der Waals surface area contributed by atoms with Crippen LogP contribution in [0.5, 0.6) is 0 Å². The maximum absolute atomic E-state index is 12.2. The summed E-state index contributed by atoms with van der Waals surface area (Å²) in [5.41, 5.74) is 2.35. The average molecular weight is 460 g/mol. The molecule has 0 bridgehead atoms. The number of para-hydroxylation sites is 1. The lowest BCUT2D eigenvalue weighted by Gasteiger charge is -2.19. The highest BCUT2D eigenvalue weighted by molar-refractivity contribution is 9.10. The van der Waals surface area contributed by atoms with Gasteiger partial charge in [-0.15, -0.1) is 0 Å². The van der Waals surface area contributed by atoms with E-state index in [0.717, 1.165) is 10.0 Å². The minimum atomic E-state index is -0.326. The van der Waals surface area contributed by atoms with Gasteiger partial charge in [-0.2, -0.15) is 0 Å². The summed E-state index contributed by atoms with van der Waals surface area (Å²) in [5.74, 6) is -0.867. The Morgan fingerprint density at radius 2 is 1.55 bits per heavy atom. The van der Waals surface area contributed by atoms with Crippen molar-refractivity contribution in [1.29, 1.82) is 0 Å². The molecule has 0 fully saturated rings. The molecular formula is C22H26BrN3O3. The van der Waals surface area contributed by atoms with E-state index in [1.54, 1.807) is 24.3 Å². The van der Waals surface area contributed by atoms with Crippen molar-refractivity contribution in [3.8, 4) is 0 Å². The third-order valence-corrected chi connectivity index (χ3v) is 4.94. The van der Waals surface area contributed by atoms with E-state index in [1.165, 1.54) is 0 Å². The highest BCUT2D eigenvalue weighted by atomic mass is 79.9. The Hall–Kier alpha value is -2.67. The molecule has 2 rings (SSSR count). The van der Waals surface area contributed by atoms with Crippen LogP contribution >= 0.6 is 15.9 Å². The lowest BCUT2D eigenvalue weighted by Crippen LogP contribution is -2.35. The molecule has 0 aliphatic rings. The zero-order chi connectivity index (χ0) is 21.4. The van der Waals surface area contributed by atoms with Gasteiger partial charge in [-0.1, -0.05) is 45.0 Å². The highest BCUT2D eigenvalue weighted by Crippen LogP contribution is 2.22. The summed E-state index contributed by atoms with van der Waals surface area (Å²) >= 11 is 3.34. The molecule has 7 heteroatoms. The second-order valence-electron chi connectivity index (χ2n) is 7.64. The van der Waals surface area contributed by atoms with E-state index in [1.807, 2.05) is 24.3 Å². The molecule has 0 atom stereocenters. The Morgan fingerprint density at radius 3 is 2.17 bits per heavy atom. The Kier molecular flexibility index (Phi) is 7.96. The quantitative estimate of drug-likeness (QED) is 0.590. The average Bonchev–Trinajstić information content (AvgIpc) is 2.67. The smallest absolute Gasteiger partial charge is 0.251 e. The lowest BCUT2D eigenvalue weighted by atomic mass is 9.87. The van der Waals surface area contributed by atoms with Gasteiger partial charge in [0, 0.05) is 23.0 Å². The number of hydrogen-bond donors (Lipinski definition) is 3. The van der Waals surface area contributed by atoms with Crippen molar-refractivity contribution in [2.75, 3.05) is 18.4 Å². The highest BCUT2D eigenvalue weighted by Gasteiger charge is 2.14. The number of benzene rings is 2. The number of anilines is 1. The maximum Gasteiger partial charge on any atom is 0.251 e. The van der Waals surface area contributed by atoms with E-state index < -0.39 is 0 Å². The number of amides is 3. The summed E-state index contributed by atoms with van der Waals surface area (Å²) in [6.07, 6.45) is 0.0914. The van der Waals surface area contributed by atoms with Crippen molar-refractivity contribution >= 4 is 39.3 Å². The first-order valence-electron chi connectivity index (χ1n) is 9.36. The van der Waals surface area contributed by atoms with E-state index in [9.17, 15) is 14.4 Å². The normalized spacial score (nSPS) is 10.9. The van der Waals surface area contributed by atoms with Crippen LogP contribution < -0.4 is 16.0 Å². The molecule has 3 amide bonds. The zero-order valence-corrected chi connectivity index (χ0v) is 18.4. The molecule has 154 valence electrons. The summed E-state index contributed by atoms with van der Waals surface area (Å²) in [7, 11) is 0. The minimum Gasteiger partial charge on any atom is -0.352 e. The van der Waals surface area contributed by atoms with Crippen molar-refractivity contribution in [2.45, 2.75) is 32.6 Å². The predicted octanol–water partition coefficient (Wildman–Crippen LogP) is 3.62. The second kappa shape index (κ2) is 10.2. The lowest BCUT2D eigenvalue weighted by molar-refractivity contribution is -0.124. The molecule has 0 heterocycles. The van der Waals surface area contributed by atoms with Crippen molar-refractivity contribution in [3.05, 3.63) is 64.1 Å². The fourth-order valence-electron chi connectivity index (χ4n) is 2.54. The van der Waals surface area contributed by atoms with Crippen molar-refractivity contribution in [2.24, 2.45) is 0 Å². The standard InChI is InChI=1S/C22H26BrN3O3/c1-22(2,3)16-10-8-15(9-11-16)21(29)24-13-12-19(27)25-14-20(28)26-18-7-5-4-6-17(18)23/h4-11H,12-14H2,1-3H3,(H,24,29)(H,25,27)(H,26,28). The van der Waals surface area contributed by atoms with Gasteiger partial charge in [0.2, 0.25) is 11.8 Å². The predicted molar refractivity (Wildman–Crippen MR) is 118 cm³/mol. The van der Waals surface area contributed by atoms with Crippen LogP contribution in [0.4, 0.5) is 5.69 Å². The van der Waals surface area contributed by atoms with Crippen molar-refractivity contribution < 1.29 is 14.4 Å². The zero-order valence-electron chi connectivity index (χ0n) is 16.8. The maximum atomic E-state index is 12.2. The molecule has 0 saturated heterocycles. The molecule has 0 spiro atoms. The SMILES string of the molecule is CC(C)(C)c1ccc(C(=O)NCCC(=O)NCC(=O)Nc2ccccc2Br)cc1. The monoisotopic (exact) mass is 459 g/mol. The van der Waals surface area contributed by atoms with E-state index >= 15 is 0 Å². The first-order valence-corrected chi connectivity index (χ1v) is 10.2. The second-order valence-corrected chi connectivity index (χ2v) is 8.49. The van der Waals surface area contributed by atoms with Gasteiger partial charge in [-0.3, -0.25) is 14.4 Å². The van der Waals surface area contributed by atoms with Crippen LogP contribution in [0.25, 0.3) is 0 Å². The van der Waals surface area contributed by atoms with Gasteiger partial charge in [0.25, 0.3) is 5.91 Å². The van der Waals surface area contributed by atoms with Gasteiger partial charge in [0.05, 0.1) is 12.2 Å². The van der Waals surface area contributed by atoms with Gasteiger partial charge in [-0.25, -0.2) is 0 Å². The number of carbonyl (C=O) groups excluding carboxylic acids is 3. The van der Waals surface area contributed by atoms with Gasteiger partial charge in [0.1, 0.15) is 0 Å². The molecule has 0 saturated carbocycles. The van der Waals surface area contributed by atoms with Gasteiger partial charge < -0.3 is 16.0 Å². The van der Waals surface area contributed by atoms with E-state index in [2.05, 4.69) is 52.7 Å². The van der Waals surface area contributed by atoms with Crippen LogP contribution in [0.3, 0.4) is 0 Å². The summed E-state index contributed by atoms with van der Waals surface area (Å²) < 4.78 is 0.762. The van der Waals surface area contributed by atoms with Crippen LogP contribution in [-0.2, 0) is 15.0 Å². The van der Waals surface area contributed by atoms with Gasteiger partial charge in [-0.05, 0) is 51.2 Å². The molecule has 0 aliphatic heterocycles. The Bertz CT molecular complexity index is 874. The number of carbonyl (C=O) groups is 3. The molecule has 6 nitrogen and oxygen atoms in total. The Balaban J connectivity index is 1.70.